The Kier molecular flexibility index (Phi) is 1.34. The molecule has 1 saturated carbocycles. The fraction of sp³-hybridized carbons (Fsp3) is 0.444. The van der Waals surface area contributed by atoms with Crippen molar-refractivity contribution in [3.05, 3.63) is 23.3 Å². The van der Waals surface area contributed by atoms with Gasteiger partial charge in [0, 0.05) is 0 Å². The summed E-state index contributed by atoms with van der Waals surface area (Å²) < 4.78 is 4.68. The minimum atomic E-state index is -0.0839. The molecule has 1 atom stereocenters. The van der Waals surface area contributed by atoms with E-state index in [0.717, 1.165) is 12.8 Å². The maximum atomic E-state index is 11.1. The Labute approximate surface area is 65.5 Å². The number of hydrogen-bond donors (Lipinski definition) is 0. The van der Waals surface area contributed by atoms with Gasteiger partial charge in [0.2, 0.25) is 0 Å². The van der Waals surface area contributed by atoms with Crippen molar-refractivity contribution in [3.63, 3.8) is 0 Å². The molecule has 1 unspecified atom stereocenters. The lowest BCUT2D eigenvalue weighted by molar-refractivity contribution is -0.143. The molecular weight excluding hydrogens is 140 g/mol. The Balaban J connectivity index is 2.16. The van der Waals surface area contributed by atoms with Crippen molar-refractivity contribution in [2.45, 2.75) is 12.8 Å². The summed E-state index contributed by atoms with van der Waals surface area (Å²) >= 11 is 0. The molecule has 1 fully saturated rings. The summed E-state index contributed by atoms with van der Waals surface area (Å²) in [5.41, 5.74) is 2.60. The van der Waals surface area contributed by atoms with Crippen molar-refractivity contribution in [1.82, 2.24) is 0 Å². The van der Waals surface area contributed by atoms with E-state index in [2.05, 4.69) is 10.8 Å². The fourth-order valence-electron chi connectivity index (χ4n) is 1.75. The van der Waals surface area contributed by atoms with Gasteiger partial charge in [0.05, 0.1) is 13.0 Å². The summed E-state index contributed by atoms with van der Waals surface area (Å²) in [5, 5.41) is 0. The van der Waals surface area contributed by atoms with Crippen LogP contribution < -0.4 is 0 Å². The first kappa shape index (κ1) is 6.65. The highest BCUT2D eigenvalue weighted by atomic mass is 16.5. The van der Waals surface area contributed by atoms with Gasteiger partial charge in [-0.3, -0.25) is 4.79 Å². The van der Waals surface area contributed by atoms with Gasteiger partial charge in [0.1, 0.15) is 0 Å². The number of carbonyl (C=O) groups is 1. The molecule has 0 aromatic carbocycles. The highest BCUT2D eigenvalue weighted by molar-refractivity contribution is 5.78. The van der Waals surface area contributed by atoms with Gasteiger partial charge < -0.3 is 4.74 Å². The van der Waals surface area contributed by atoms with E-state index in [1.807, 2.05) is 6.08 Å². The monoisotopic (exact) mass is 150 g/mol. The molecule has 0 N–H and O–H groups in total. The molecule has 2 bridgehead atoms. The summed E-state index contributed by atoms with van der Waals surface area (Å²) in [6, 6.07) is 0. The number of rotatable bonds is 1. The number of fused-ring (bicyclic) bond motifs is 2. The fourth-order valence-corrected chi connectivity index (χ4v) is 1.75. The molecule has 58 valence electrons. The Bertz CT molecular complexity index is 261. The minimum absolute atomic E-state index is 0.0417. The average Bonchev–Trinajstić information content (AvgIpc) is 2.62. The number of carbonyl (C=O) groups excluding carboxylic acids is 1. The molecule has 0 radical (unpaired) electrons. The van der Waals surface area contributed by atoms with Crippen LogP contribution in [0.5, 0.6) is 0 Å². The number of hydrogen-bond acceptors (Lipinski definition) is 2. The van der Waals surface area contributed by atoms with Crippen molar-refractivity contribution in [1.29, 1.82) is 0 Å². The van der Waals surface area contributed by atoms with Crippen molar-refractivity contribution in [3.8, 4) is 0 Å². The maximum absolute atomic E-state index is 11.1. The Morgan fingerprint density at radius 1 is 1.64 bits per heavy atom. The molecule has 0 spiro atoms. The Morgan fingerprint density at radius 2 is 2.45 bits per heavy atom. The largest absolute Gasteiger partial charge is 0.469 e. The second-order valence-electron chi connectivity index (χ2n) is 3.02. The number of esters is 1. The molecule has 2 nitrogen and oxygen atoms in total. The lowest BCUT2D eigenvalue weighted by Gasteiger charge is -2.08. The van der Waals surface area contributed by atoms with E-state index in [9.17, 15) is 4.79 Å². The lowest BCUT2D eigenvalue weighted by Crippen LogP contribution is -2.14. The smallest absolute Gasteiger partial charge is 0.313 e. The Morgan fingerprint density at radius 3 is 2.91 bits per heavy atom. The third kappa shape index (κ3) is 0.897. The van der Waals surface area contributed by atoms with E-state index >= 15 is 0 Å². The highest BCUT2D eigenvalue weighted by Gasteiger charge is 2.33. The third-order valence-electron chi connectivity index (χ3n) is 2.36. The predicted octanol–water partition coefficient (Wildman–Crippen LogP) is 1.44. The summed E-state index contributed by atoms with van der Waals surface area (Å²) in [5.74, 6) is -0.0423. The van der Waals surface area contributed by atoms with Gasteiger partial charge >= 0.3 is 5.97 Å². The predicted molar refractivity (Wildman–Crippen MR) is 40.9 cm³/mol. The van der Waals surface area contributed by atoms with Gasteiger partial charge in [-0.1, -0.05) is 23.3 Å². The topological polar surface area (TPSA) is 26.3 Å². The van der Waals surface area contributed by atoms with Crippen LogP contribution in [0.15, 0.2) is 23.3 Å². The molecule has 0 aromatic heterocycles. The van der Waals surface area contributed by atoms with Crippen molar-refractivity contribution < 1.29 is 9.53 Å². The summed E-state index contributed by atoms with van der Waals surface area (Å²) in [6.45, 7) is 0. The SMILES string of the molecule is COC(=O)C1CC2=CC=C1C2. The highest BCUT2D eigenvalue weighted by Crippen LogP contribution is 2.40. The molecule has 0 saturated heterocycles. The first-order valence-corrected chi connectivity index (χ1v) is 3.77. The molecule has 11 heavy (non-hydrogen) atoms. The van der Waals surface area contributed by atoms with Gasteiger partial charge in [-0.25, -0.2) is 0 Å². The zero-order chi connectivity index (χ0) is 7.84. The summed E-state index contributed by atoms with van der Waals surface area (Å²) in [4.78, 5) is 11.1. The van der Waals surface area contributed by atoms with Crippen molar-refractivity contribution in [2.24, 2.45) is 5.92 Å². The van der Waals surface area contributed by atoms with Crippen LogP contribution in [0.25, 0.3) is 0 Å². The molecule has 2 aliphatic carbocycles. The summed E-state index contributed by atoms with van der Waals surface area (Å²) in [7, 11) is 1.45. The molecule has 2 rings (SSSR count). The first-order chi connectivity index (χ1) is 5.31. The van der Waals surface area contributed by atoms with Crippen molar-refractivity contribution >= 4 is 5.97 Å². The number of allylic oxidation sites excluding steroid dienone is 3. The maximum Gasteiger partial charge on any atom is 0.313 e. The first-order valence-electron chi connectivity index (χ1n) is 3.77. The van der Waals surface area contributed by atoms with E-state index < -0.39 is 0 Å². The number of methoxy groups -OCH3 is 1. The zero-order valence-electron chi connectivity index (χ0n) is 6.46. The molecule has 2 heteroatoms. The summed E-state index contributed by atoms with van der Waals surface area (Å²) in [6.07, 6.45) is 6.04. The van der Waals surface area contributed by atoms with Gasteiger partial charge in [-0.15, -0.1) is 0 Å². The lowest BCUT2D eigenvalue weighted by atomic mass is 10.0. The number of ether oxygens (including phenoxy) is 1. The van der Waals surface area contributed by atoms with E-state index in [1.54, 1.807) is 0 Å². The van der Waals surface area contributed by atoms with Crippen LogP contribution in [0.1, 0.15) is 12.8 Å². The van der Waals surface area contributed by atoms with Crippen LogP contribution in [-0.4, -0.2) is 13.1 Å². The zero-order valence-corrected chi connectivity index (χ0v) is 6.46. The van der Waals surface area contributed by atoms with Crippen LogP contribution in [0.4, 0.5) is 0 Å². The minimum Gasteiger partial charge on any atom is -0.469 e. The van der Waals surface area contributed by atoms with E-state index in [-0.39, 0.29) is 11.9 Å². The van der Waals surface area contributed by atoms with Crippen LogP contribution in [0.2, 0.25) is 0 Å². The average molecular weight is 150 g/mol. The van der Waals surface area contributed by atoms with Crippen LogP contribution >= 0.6 is 0 Å². The van der Waals surface area contributed by atoms with E-state index in [1.165, 1.54) is 18.3 Å². The second kappa shape index (κ2) is 2.22. The van der Waals surface area contributed by atoms with E-state index in [4.69, 9.17) is 0 Å². The molecule has 0 amide bonds. The Hall–Kier alpha value is -1.05. The van der Waals surface area contributed by atoms with E-state index in [0.29, 0.717) is 0 Å². The molecule has 2 aliphatic rings. The van der Waals surface area contributed by atoms with Gasteiger partial charge in [0.25, 0.3) is 0 Å². The second-order valence-corrected chi connectivity index (χ2v) is 3.02. The molecule has 0 aromatic rings. The third-order valence-corrected chi connectivity index (χ3v) is 2.36. The van der Waals surface area contributed by atoms with Crippen molar-refractivity contribution in [2.75, 3.05) is 7.11 Å². The van der Waals surface area contributed by atoms with Gasteiger partial charge in [0.15, 0.2) is 0 Å². The standard InChI is InChI=1S/C9H10O2/c1-11-9(10)8-5-6-2-3-7(8)4-6/h2-3,8H,4-5H2,1H3. The van der Waals surface area contributed by atoms with Crippen LogP contribution in [0.3, 0.4) is 0 Å². The molecular formula is C9H10O2. The van der Waals surface area contributed by atoms with Crippen LogP contribution in [0, 0.1) is 5.92 Å². The van der Waals surface area contributed by atoms with Crippen LogP contribution in [-0.2, 0) is 9.53 Å². The van der Waals surface area contributed by atoms with Gasteiger partial charge in [-0.05, 0) is 12.8 Å². The quantitative estimate of drug-likeness (QED) is 0.528. The normalized spacial score (nSPS) is 26.5. The molecule has 0 aliphatic heterocycles. The van der Waals surface area contributed by atoms with Gasteiger partial charge in [-0.2, -0.15) is 0 Å². The molecule has 0 heterocycles.